The van der Waals surface area contributed by atoms with E-state index in [1.165, 1.54) is 19.3 Å². The number of amides is 1. The van der Waals surface area contributed by atoms with E-state index in [4.69, 9.17) is 4.74 Å². The summed E-state index contributed by atoms with van der Waals surface area (Å²) in [5.74, 6) is 0.131. The van der Waals surface area contributed by atoms with Crippen molar-refractivity contribution in [1.82, 2.24) is 10.2 Å². The Morgan fingerprint density at radius 1 is 1.47 bits per heavy atom. The maximum atomic E-state index is 11.2. The minimum absolute atomic E-state index is 0.131. The normalized spacial score (nSPS) is 21.3. The lowest BCUT2D eigenvalue weighted by Crippen LogP contribution is -2.37. The molecule has 0 aromatic carbocycles. The molecule has 0 aromatic rings. The second kappa shape index (κ2) is 6.80. The minimum atomic E-state index is 0.131. The number of hydrogen-bond donors (Lipinski definition) is 1. The molecule has 1 atom stereocenters. The van der Waals surface area contributed by atoms with Crippen LogP contribution in [0, 0.1) is 0 Å². The van der Waals surface area contributed by atoms with Crippen LogP contribution in [0.1, 0.15) is 25.7 Å². The van der Waals surface area contributed by atoms with E-state index in [1.54, 1.807) is 19.0 Å². The summed E-state index contributed by atoms with van der Waals surface area (Å²) in [6.07, 6.45) is 4.24. The van der Waals surface area contributed by atoms with Gasteiger partial charge in [0.15, 0.2) is 0 Å². The quantitative estimate of drug-likeness (QED) is 0.682. The third-order valence-corrected chi connectivity index (χ3v) is 2.69. The van der Waals surface area contributed by atoms with Crippen molar-refractivity contribution < 1.29 is 9.53 Å². The minimum Gasteiger partial charge on any atom is -0.379 e. The summed E-state index contributed by atoms with van der Waals surface area (Å²) in [4.78, 5) is 12.8. The van der Waals surface area contributed by atoms with Gasteiger partial charge in [0.05, 0.1) is 19.6 Å². The Morgan fingerprint density at radius 2 is 2.27 bits per heavy atom. The maximum absolute atomic E-state index is 11.2. The highest BCUT2D eigenvalue weighted by Gasteiger charge is 2.12. The lowest BCUT2D eigenvalue weighted by molar-refractivity contribution is -0.129. The molecule has 0 radical (unpaired) electrons. The SMILES string of the molecule is CN(C)C(=O)CCOCC1CCCCN1. The highest BCUT2D eigenvalue weighted by atomic mass is 16.5. The largest absolute Gasteiger partial charge is 0.379 e. The Bertz CT molecular complexity index is 189. The van der Waals surface area contributed by atoms with Crippen molar-refractivity contribution in [1.29, 1.82) is 0 Å². The third-order valence-electron chi connectivity index (χ3n) is 2.69. The first-order chi connectivity index (χ1) is 7.20. The van der Waals surface area contributed by atoms with E-state index in [2.05, 4.69) is 5.32 Å². The van der Waals surface area contributed by atoms with Crippen molar-refractivity contribution in [2.24, 2.45) is 0 Å². The van der Waals surface area contributed by atoms with E-state index in [1.807, 2.05) is 0 Å². The number of rotatable bonds is 5. The van der Waals surface area contributed by atoms with Crippen LogP contribution in [0.3, 0.4) is 0 Å². The summed E-state index contributed by atoms with van der Waals surface area (Å²) >= 11 is 0. The van der Waals surface area contributed by atoms with Crippen molar-refractivity contribution in [2.75, 3.05) is 33.9 Å². The Hall–Kier alpha value is -0.610. The fourth-order valence-electron chi connectivity index (χ4n) is 1.67. The van der Waals surface area contributed by atoms with Gasteiger partial charge in [0.1, 0.15) is 0 Å². The smallest absolute Gasteiger partial charge is 0.224 e. The van der Waals surface area contributed by atoms with Gasteiger partial charge >= 0.3 is 0 Å². The first-order valence-electron chi connectivity index (χ1n) is 5.71. The van der Waals surface area contributed by atoms with E-state index in [0.717, 1.165) is 13.2 Å². The predicted molar refractivity (Wildman–Crippen MR) is 59.8 cm³/mol. The van der Waals surface area contributed by atoms with Gasteiger partial charge in [-0.2, -0.15) is 0 Å². The van der Waals surface area contributed by atoms with Crippen LogP contribution in [-0.4, -0.2) is 50.7 Å². The monoisotopic (exact) mass is 214 g/mol. The van der Waals surface area contributed by atoms with Crippen molar-refractivity contribution in [3.8, 4) is 0 Å². The summed E-state index contributed by atoms with van der Waals surface area (Å²) in [6.45, 7) is 2.38. The molecule has 1 aliphatic rings. The number of ether oxygens (including phenoxy) is 1. The molecule has 15 heavy (non-hydrogen) atoms. The van der Waals surface area contributed by atoms with Gasteiger partial charge in [-0.05, 0) is 19.4 Å². The third kappa shape index (κ3) is 5.14. The van der Waals surface area contributed by atoms with Crippen molar-refractivity contribution in [3.05, 3.63) is 0 Å². The van der Waals surface area contributed by atoms with E-state index in [0.29, 0.717) is 19.1 Å². The summed E-state index contributed by atoms with van der Waals surface area (Å²) in [7, 11) is 3.54. The van der Waals surface area contributed by atoms with E-state index in [9.17, 15) is 4.79 Å². The Labute approximate surface area is 92.0 Å². The van der Waals surface area contributed by atoms with E-state index >= 15 is 0 Å². The van der Waals surface area contributed by atoms with Gasteiger partial charge in [0, 0.05) is 20.1 Å². The molecular formula is C11H22N2O2. The average Bonchev–Trinajstić information content (AvgIpc) is 2.25. The first kappa shape index (κ1) is 12.5. The molecule has 1 amide bonds. The zero-order valence-electron chi connectivity index (χ0n) is 9.79. The molecule has 1 saturated heterocycles. The molecule has 4 heteroatoms. The van der Waals surface area contributed by atoms with Crippen LogP contribution in [-0.2, 0) is 9.53 Å². The van der Waals surface area contributed by atoms with Crippen LogP contribution in [0.4, 0.5) is 0 Å². The van der Waals surface area contributed by atoms with Gasteiger partial charge in [-0.25, -0.2) is 0 Å². The molecule has 1 rings (SSSR count). The van der Waals surface area contributed by atoms with Crippen molar-refractivity contribution in [3.63, 3.8) is 0 Å². The number of carbonyl (C=O) groups is 1. The number of piperidine rings is 1. The van der Waals surface area contributed by atoms with Crippen LogP contribution in [0.15, 0.2) is 0 Å². The molecule has 0 bridgehead atoms. The molecular weight excluding hydrogens is 192 g/mol. The molecule has 1 fully saturated rings. The molecule has 0 saturated carbocycles. The predicted octanol–water partition coefficient (Wildman–Crippen LogP) is 0.623. The molecule has 88 valence electrons. The van der Waals surface area contributed by atoms with Crippen LogP contribution < -0.4 is 5.32 Å². The number of nitrogens with zero attached hydrogens (tertiary/aromatic N) is 1. The number of hydrogen-bond acceptors (Lipinski definition) is 3. The summed E-state index contributed by atoms with van der Waals surface area (Å²) in [5.41, 5.74) is 0. The molecule has 0 aromatic heterocycles. The van der Waals surface area contributed by atoms with Crippen LogP contribution in [0.2, 0.25) is 0 Å². The second-order valence-electron chi connectivity index (χ2n) is 4.26. The summed E-state index contributed by atoms with van der Waals surface area (Å²) < 4.78 is 5.48. The zero-order chi connectivity index (χ0) is 11.1. The van der Waals surface area contributed by atoms with E-state index in [-0.39, 0.29) is 5.91 Å². The molecule has 0 aliphatic carbocycles. The Morgan fingerprint density at radius 3 is 2.87 bits per heavy atom. The van der Waals surface area contributed by atoms with Crippen molar-refractivity contribution in [2.45, 2.75) is 31.7 Å². The van der Waals surface area contributed by atoms with E-state index < -0.39 is 0 Å². The van der Waals surface area contributed by atoms with Gasteiger partial charge in [-0.15, -0.1) is 0 Å². The number of nitrogens with one attached hydrogen (secondary N) is 1. The molecule has 1 aliphatic heterocycles. The highest BCUT2D eigenvalue weighted by Crippen LogP contribution is 2.07. The zero-order valence-corrected chi connectivity index (χ0v) is 9.79. The first-order valence-corrected chi connectivity index (χ1v) is 5.71. The summed E-state index contributed by atoms with van der Waals surface area (Å²) in [6, 6.07) is 0.494. The fourth-order valence-corrected chi connectivity index (χ4v) is 1.67. The van der Waals surface area contributed by atoms with Crippen LogP contribution in [0.5, 0.6) is 0 Å². The highest BCUT2D eigenvalue weighted by molar-refractivity contribution is 5.75. The van der Waals surface area contributed by atoms with Gasteiger partial charge in [-0.3, -0.25) is 4.79 Å². The fraction of sp³-hybridized carbons (Fsp3) is 0.909. The van der Waals surface area contributed by atoms with Crippen LogP contribution >= 0.6 is 0 Å². The molecule has 1 N–H and O–H groups in total. The van der Waals surface area contributed by atoms with Gasteiger partial charge in [-0.1, -0.05) is 6.42 Å². The maximum Gasteiger partial charge on any atom is 0.224 e. The second-order valence-corrected chi connectivity index (χ2v) is 4.26. The lowest BCUT2D eigenvalue weighted by atomic mass is 10.1. The summed E-state index contributed by atoms with van der Waals surface area (Å²) in [5, 5.41) is 3.41. The van der Waals surface area contributed by atoms with Crippen molar-refractivity contribution >= 4 is 5.91 Å². The number of carbonyl (C=O) groups excluding carboxylic acids is 1. The Balaban J connectivity index is 1.98. The topological polar surface area (TPSA) is 41.6 Å². The molecule has 1 heterocycles. The van der Waals surface area contributed by atoms with Gasteiger partial charge in [0.2, 0.25) is 5.91 Å². The lowest BCUT2D eigenvalue weighted by Gasteiger charge is -2.23. The van der Waals surface area contributed by atoms with Gasteiger partial charge < -0.3 is 15.0 Å². The standard InChI is InChI=1S/C11H22N2O2/c1-13(2)11(14)6-8-15-9-10-5-3-4-7-12-10/h10,12H,3-9H2,1-2H3. The van der Waals surface area contributed by atoms with Gasteiger partial charge in [0.25, 0.3) is 0 Å². The molecule has 4 nitrogen and oxygen atoms in total. The average molecular weight is 214 g/mol. The molecule has 0 spiro atoms. The van der Waals surface area contributed by atoms with Crippen LogP contribution in [0.25, 0.3) is 0 Å². The molecule has 1 unspecified atom stereocenters. The Kier molecular flexibility index (Phi) is 5.65.